The van der Waals surface area contributed by atoms with Gasteiger partial charge in [0.05, 0.1) is 34.5 Å². The van der Waals surface area contributed by atoms with Crippen molar-refractivity contribution < 1.29 is 41.8 Å². The molecule has 314 valence electrons. The number of amides is 1. The Labute approximate surface area is 339 Å². The van der Waals surface area contributed by atoms with Crippen molar-refractivity contribution in [1.29, 1.82) is 0 Å². The molecule has 0 spiro atoms. The fourth-order valence-electron chi connectivity index (χ4n) is 6.90. The highest BCUT2D eigenvalue weighted by Gasteiger charge is 2.45. The average Bonchev–Trinajstić information content (AvgIpc) is 4.12. The molecule has 0 unspecified atom stereocenters. The zero-order chi connectivity index (χ0) is 43.7. The number of carboxylic acid groups (broad SMARTS) is 2. The predicted octanol–water partition coefficient (Wildman–Crippen LogP) is 8.32. The number of alkyl halides is 3. The van der Waals surface area contributed by atoms with Gasteiger partial charge in [0.1, 0.15) is 34.1 Å². The van der Waals surface area contributed by atoms with Crippen molar-refractivity contribution in [2.24, 2.45) is 17.1 Å². The Balaban J connectivity index is 0.000000178. The van der Waals surface area contributed by atoms with Crippen LogP contribution in [0.4, 0.5) is 26.7 Å². The van der Waals surface area contributed by atoms with Gasteiger partial charge >= 0.3 is 18.2 Å². The highest BCUT2D eigenvalue weighted by molar-refractivity contribution is 5.80. The number of carbonyl (C=O) groups is 2. The number of fused-ring (bicyclic) bond motifs is 2. The molecule has 2 aliphatic rings. The Bertz CT molecular complexity index is 2660. The van der Waals surface area contributed by atoms with E-state index in [1.807, 2.05) is 45.0 Å². The summed E-state index contributed by atoms with van der Waals surface area (Å²) in [5.74, 6) is -2.83. The third kappa shape index (κ3) is 9.20. The van der Waals surface area contributed by atoms with Gasteiger partial charge in [-0.25, -0.2) is 28.3 Å². The first-order chi connectivity index (χ1) is 28.3. The zero-order valence-electron chi connectivity index (χ0n) is 32.6. The van der Waals surface area contributed by atoms with Gasteiger partial charge in [-0.3, -0.25) is 23.6 Å². The lowest BCUT2D eigenvalue weighted by atomic mass is 9.84. The molecule has 8 rings (SSSR count). The van der Waals surface area contributed by atoms with Gasteiger partial charge in [-0.05, 0) is 85.5 Å². The molecule has 1 amide bonds. The third-order valence-corrected chi connectivity index (χ3v) is 9.95. The van der Waals surface area contributed by atoms with Gasteiger partial charge in [0.2, 0.25) is 0 Å². The highest BCUT2D eigenvalue weighted by atomic mass is 19.4. The van der Waals surface area contributed by atoms with E-state index in [9.17, 15) is 41.4 Å². The van der Waals surface area contributed by atoms with Crippen molar-refractivity contribution in [2.75, 3.05) is 0 Å². The summed E-state index contributed by atoms with van der Waals surface area (Å²) < 4.78 is 63.3. The number of nitrogens with zero attached hydrogens (tertiary/aromatic N) is 5. The third-order valence-electron chi connectivity index (χ3n) is 9.95. The van der Waals surface area contributed by atoms with Crippen LogP contribution >= 0.6 is 0 Å². The molecule has 2 saturated carbocycles. The Hall–Kier alpha value is -6.49. The normalized spacial score (nSPS) is 14.9. The van der Waals surface area contributed by atoms with Crippen LogP contribution in [0.15, 0.2) is 107 Å². The van der Waals surface area contributed by atoms with Crippen LogP contribution < -0.4 is 16.9 Å². The minimum atomic E-state index is -5.08. The lowest BCUT2D eigenvalue weighted by molar-refractivity contribution is -0.192. The molecule has 0 aliphatic heterocycles. The molecule has 0 radical (unpaired) electrons. The maximum atomic E-state index is 14.6. The van der Waals surface area contributed by atoms with Crippen LogP contribution in [0.3, 0.4) is 0 Å². The lowest BCUT2D eigenvalue weighted by Gasteiger charge is -2.39. The minimum absolute atomic E-state index is 0.00287. The molecule has 2 aromatic heterocycles. The summed E-state index contributed by atoms with van der Waals surface area (Å²) >= 11 is 0. The molecule has 17 heteroatoms. The van der Waals surface area contributed by atoms with Gasteiger partial charge < -0.3 is 15.9 Å². The predicted molar refractivity (Wildman–Crippen MR) is 213 cm³/mol. The van der Waals surface area contributed by atoms with E-state index in [2.05, 4.69) is 9.97 Å². The second-order valence-corrected chi connectivity index (χ2v) is 15.5. The van der Waals surface area contributed by atoms with Crippen LogP contribution in [0.2, 0.25) is 0 Å². The summed E-state index contributed by atoms with van der Waals surface area (Å²) in [5, 5.41) is 17.0. The molecule has 0 saturated heterocycles. The van der Waals surface area contributed by atoms with Crippen LogP contribution in [0, 0.1) is 23.0 Å². The number of halogens is 5. The van der Waals surface area contributed by atoms with Gasteiger partial charge in [-0.1, -0.05) is 69.3 Å². The second-order valence-electron chi connectivity index (χ2n) is 15.5. The summed E-state index contributed by atoms with van der Waals surface area (Å²) in [7, 11) is 0. The smallest absolute Gasteiger partial charge is 0.475 e. The Morgan fingerprint density at radius 1 is 0.700 bits per heavy atom. The first kappa shape index (κ1) is 43.1. The lowest BCUT2D eigenvalue weighted by Crippen LogP contribution is -2.45. The van der Waals surface area contributed by atoms with E-state index < -0.39 is 52.4 Å². The fourth-order valence-corrected chi connectivity index (χ4v) is 6.90. The molecule has 4 N–H and O–H groups in total. The standard InChI is InChI=1S/C23H24FN3O3.C18H16FN3O.C2HF3O2/c1-23(2,3)19(26(22(29)30)15-12-13-15)20-25-17-11-7-10-16(24)18(17)21(28)27(20)14-8-5-4-6-9-14;19-13-7-4-8-14-15(13)18(23)22(12-5-2-1-3-6-12)17(21-14)16(20)11-9-10-11;3-2(4,5)1(6)7/h4-11,15,19H,12-13H2,1-3H3,(H,29,30);1-8,11,16H,9-10,20H2;(H,6,7)/t19-;16-;/m10./s1. The van der Waals surface area contributed by atoms with Crippen LogP contribution in [0.1, 0.15) is 70.2 Å². The highest BCUT2D eigenvalue weighted by Crippen LogP contribution is 2.44. The second kappa shape index (κ2) is 17.0. The molecule has 12 nitrogen and oxygen atoms in total. The van der Waals surface area contributed by atoms with Crippen molar-refractivity contribution >= 4 is 33.9 Å². The number of hydrogen-bond donors (Lipinski definition) is 3. The molecule has 60 heavy (non-hydrogen) atoms. The number of aromatic nitrogens is 4. The van der Waals surface area contributed by atoms with Crippen molar-refractivity contribution in [3.8, 4) is 11.4 Å². The molecule has 6 aromatic rings. The topological polar surface area (TPSA) is 174 Å². The number of rotatable bonds is 7. The molecule has 2 heterocycles. The summed E-state index contributed by atoms with van der Waals surface area (Å²) in [5.41, 5.74) is 6.55. The van der Waals surface area contributed by atoms with Crippen LogP contribution in [0.25, 0.3) is 33.2 Å². The van der Waals surface area contributed by atoms with E-state index in [1.54, 1.807) is 54.6 Å². The van der Waals surface area contributed by atoms with Gasteiger partial charge in [0.25, 0.3) is 11.1 Å². The van der Waals surface area contributed by atoms with E-state index >= 15 is 0 Å². The molecule has 4 aromatic carbocycles. The molecule has 2 aliphatic carbocycles. The maximum Gasteiger partial charge on any atom is 0.490 e. The minimum Gasteiger partial charge on any atom is -0.475 e. The molecule has 2 atom stereocenters. The van der Waals surface area contributed by atoms with Gasteiger partial charge in [0.15, 0.2) is 0 Å². The van der Waals surface area contributed by atoms with Gasteiger partial charge in [0, 0.05) is 6.04 Å². The van der Waals surface area contributed by atoms with E-state index in [-0.39, 0.29) is 28.4 Å². The fraction of sp³-hybridized carbons (Fsp3) is 0.302. The monoisotopic (exact) mass is 832 g/mol. The van der Waals surface area contributed by atoms with Crippen molar-refractivity contribution in [1.82, 2.24) is 24.0 Å². The van der Waals surface area contributed by atoms with Crippen molar-refractivity contribution in [2.45, 2.75) is 70.8 Å². The van der Waals surface area contributed by atoms with Crippen molar-refractivity contribution in [3.63, 3.8) is 0 Å². The van der Waals surface area contributed by atoms with E-state index in [4.69, 9.17) is 15.6 Å². The van der Waals surface area contributed by atoms with Gasteiger partial charge in [-0.2, -0.15) is 13.2 Å². The van der Waals surface area contributed by atoms with Gasteiger partial charge in [-0.15, -0.1) is 0 Å². The molecular formula is C43H41F5N6O6. The molecule has 0 bridgehead atoms. The quantitative estimate of drug-likeness (QED) is 0.134. The van der Waals surface area contributed by atoms with Crippen LogP contribution in [-0.4, -0.2) is 58.5 Å². The van der Waals surface area contributed by atoms with Crippen molar-refractivity contribution in [3.05, 3.63) is 141 Å². The Morgan fingerprint density at radius 3 is 1.48 bits per heavy atom. The van der Waals surface area contributed by atoms with E-state index in [0.29, 0.717) is 34.5 Å². The number of nitrogens with two attached hydrogens (primary N) is 1. The number of hydrogen-bond acceptors (Lipinski definition) is 7. The zero-order valence-corrected chi connectivity index (χ0v) is 32.6. The largest absolute Gasteiger partial charge is 0.490 e. The number of carboxylic acids is 1. The average molecular weight is 833 g/mol. The number of para-hydroxylation sites is 2. The van der Waals surface area contributed by atoms with Crippen LogP contribution in [-0.2, 0) is 4.79 Å². The molecule has 2 fully saturated rings. The Kier molecular flexibility index (Phi) is 12.2. The summed E-state index contributed by atoms with van der Waals surface area (Å²) in [6, 6.07) is 25.7. The SMILES string of the molecule is CC(C)(C)[C@@H](c1nc2cccc(F)c2c(=O)n1-c1ccccc1)N(C(=O)O)C1CC1.N[C@H](c1nc2cccc(F)c2c(=O)n1-c1ccccc1)C1CC1.O=C(O)C(F)(F)F. The summed E-state index contributed by atoms with van der Waals surface area (Å²) in [6.45, 7) is 5.77. The maximum absolute atomic E-state index is 14.6. The van der Waals surface area contributed by atoms with Crippen LogP contribution in [0.5, 0.6) is 0 Å². The first-order valence-electron chi connectivity index (χ1n) is 18.9. The summed E-state index contributed by atoms with van der Waals surface area (Å²) in [6.07, 6.45) is -2.52. The Morgan fingerprint density at radius 2 is 1.12 bits per heavy atom. The number of benzene rings is 4. The van der Waals surface area contributed by atoms with E-state index in [0.717, 1.165) is 25.7 Å². The number of aliphatic carboxylic acids is 1. The molecular weight excluding hydrogens is 791 g/mol. The first-order valence-corrected chi connectivity index (χ1v) is 18.9. The van der Waals surface area contributed by atoms with E-state index in [1.165, 1.54) is 32.2 Å². The summed E-state index contributed by atoms with van der Waals surface area (Å²) in [4.78, 5) is 58.2.